The number of hydrogen-bond donors (Lipinski definition) is 1. The highest BCUT2D eigenvalue weighted by Gasteiger charge is 2.01. The first-order valence-corrected chi connectivity index (χ1v) is 7.19. The fourth-order valence-corrected chi connectivity index (χ4v) is 1.86. The molecule has 0 aliphatic carbocycles. The zero-order valence-corrected chi connectivity index (χ0v) is 13.0. The monoisotopic (exact) mass is 308 g/mol. The fraction of sp³-hybridized carbons (Fsp3) is 0.118. The number of benzene rings is 2. The Labute approximate surface area is 135 Å². The van der Waals surface area contributed by atoms with Crippen LogP contribution >= 0.6 is 12.2 Å². The molecule has 5 heteroatoms. The van der Waals surface area contributed by atoms with Gasteiger partial charge in [-0.15, -0.1) is 0 Å². The molecule has 0 bridgehead atoms. The lowest BCUT2D eigenvalue weighted by molar-refractivity contribution is 0.532. The van der Waals surface area contributed by atoms with E-state index < -0.39 is 0 Å². The third-order valence-corrected chi connectivity index (χ3v) is 3.41. The normalized spacial score (nSPS) is 10.2. The first-order valence-electron chi connectivity index (χ1n) is 6.78. The molecule has 2 rings (SSSR count). The second kappa shape index (κ2) is 7.91. The van der Waals surface area contributed by atoms with Crippen molar-refractivity contribution >= 4 is 23.5 Å². The molecule has 0 fully saturated rings. The Morgan fingerprint density at radius 2 is 1.91 bits per heavy atom. The standard InChI is InChI=1S/C17H16N4S/c1-21(17(22)19-12-15-5-3-2-4-6-15)20-13-16-9-7-14(11-18)8-10-16/h2-10,13H,12H2,1H3,(H,19,22)/b20-13-. The molecular formula is C17H16N4S. The molecule has 22 heavy (non-hydrogen) atoms. The van der Waals surface area contributed by atoms with Gasteiger partial charge < -0.3 is 5.32 Å². The largest absolute Gasteiger partial charge is 0.357 e. The minimum atomic E-state index is 0.550. The number of hydrazone groups is 1. The van der Waals surface area contributed by atoms with Gasteiger partial charge in [0, 0.05) is 13.6 Å². The molecule has 110 valence electrons. The van der Waals surface area contributed by atoms with Gasteiger partial charge in [-0.3, -0.25) is 0 Å². The van der Waals surface area contributed by atoms with Crippen LogP contribution < -0.4 is 5.32 Å². The summed E-state index contributed by atoms with van der Waals surface area (Å²) >= 11 is 5.29. The minimum absolute atomic E-state index is 0.550. The molecule has 4 nitrogen and oxygen atoms in total. The quantitative estimate of drug-likeness (QED) is 0.536. The van der Waals surface area contributed by atoms with Crippen molar-refractivity contribution in [3.8, 4) is 6.07 Å². The Morgan fingerprint density at radius 3 is 2.55 bits per heavy atom. The van der Waals surface area contributed by atoms with Crippen molar-refractivity contribution in [3.63, 3.8) is 0 Å². The molecule has 0 aliphatic heterocycles. The zero-order valence-electron chi connectivity index (χ0n) is 12.2. The number of thiocarbonyl (C=S) groups is 1. The Hall–Kier alpha value is -2.71. The Balaban J connectivity index is 1.87. The van der Waals surface area contributed by atoms with Crippen molar-refractivity contribution in [2.45, 2.75) is 6.54 Å². The fourth-order valence-electron chi connectivity index (χ4n) is 1.74. The second-order valence-corrected chi connectivity index (χ2v) is 5.03. The van der Waals surface area contributed by atoms with Crippen LogP contribution in [0, 0.1) is 11.3 Å². The third kappa shape index (κ3) is 4.69. The number of rotatable bonds is 4. The molecule has 0 saturated carbocycles. The van der Waals surface area contributed by atoms with Crippen LogP contribution in [0.2, 0.25) is 0 Å². The summed E-state index contributed by atoms with van der Waals surface area (Å²) in [6, 6.07) is 19.3. The summed E-state index contributed by atoms with van der Waals surface area (Å²) in [5, 5.41) is 18.4. The van der Waals surface area contributed by atoms with E-state index in [9.17, 15) is 0 Å². The molecule has 0 atom stereocenters. The van der Waals surface area contributed by atoms with E-state index in [-0.39, 0.29) is 0 Å². The van der Waals surface area contributed by atoms with Gasteiger partial charge in [-0.25, -0.2) is 5.01 Å². The summed E-state index contributed by atoms with van der Waals surface area (Å²) in [7, 11) is 1.79. The van der Waals surface area contributed by atoms with Crippen molar-refractivity contribution in [3.05, 3.63) is 71.3 Å². The van der Waals surface area contributed by atoms with E-state index in [0.29, 0.717) is 17.2 Å². The highest BCUT2D eigenvalue weighted by Crippen LogP contribution is 2.02. The summed E-state index contributed by atoms with van der Waals surface area (Å²) in [4.78, 5) is 0. The van der Waals surface area contributed by atoms with Crippen LogP contribution in [0.1, 0.15) is 16.7 Å². The number of nitriles is 1. The molecule has 0 spiro atoms. The van der Waals surface area contributed by atoms with E-state index in [4.69, 9.17) is 17.5 Å². The number of hydrogen-bond acceptors (Lipinski definition) is 3. The average molecular weight is 308 g/mol. The molecule has 0 amide bonds. The van der Waals surface area contributed by atoms with Crippen molar-refractivity contribution in [1.82, 2.24) is 10.3 Å². The lowest BCUT2D eigenvalue weighted by Gasteiger charge is -2.15. The molecule has 2 aromatic carbocycles. The first kappa shape index (κ1) is 15.7. The Morgan fingerprint density at radius 1 is 1.23 bits per heavy atom. The van der Waals surface area contributed by atoms with Gasteiger partial charge in [0.15, 0.2) is 5.11 Å². The molecule has 0 aliphatic rings. The van der Waals surface area contributed by atoms with Gasteiger partial charge in [0.05, 0.1) is 17.8 Å². The van der Waals surface area contributed by atoms with E-state index in [1.807, 2.05) is 42.5 Å². The molecule has 1 N–H and O–H groups in total. The highest BCUT2D eigenvalue weighted by atomic mass is 32.1. The maximum atomic E-state index is 8.76. The third-order valence-electron chi connectivity index (χ3n) is 3.00. The lowest BCUT2D eigenvalue weighted by atomic mass is 10.2. The van der Waals surface area contributed by atoms with E-state index in [1.54, 1.807) is 30.4 Å². The number of nitrogens with zero attached hydrogens (tertiary/aromatic N) is 3. The van der Waals surface area contributed by atoms with Gasteiger partial charge in [-0.1, -0.05) is 42.5 Å². The second-order valence-electron chi connectivity index (χ2n) is 4.65. The van der Waals surface area contributed by atoms with Crippen molar-refractivity contribution in [2.24, 2.45) is 5.10 Å². The van der Waals surface area contributed by atoms with Crippen molar-refractivity contribution in [2.75, 3.05) is 7.05 Å². The van der Waals surface area contributed by atoms with E-state index >= 15 is 0 Å². The van der Waals surface area contributed by atoms with Crippen LogP contribution in [0.4, 0.5) is 0 Å². The molecular weight excluding hydrogens is 292 g/mol. The van der Waals surface area contributed by atoms with Crippen molar-refractivity contribution < 1.29 is 0 Å². The summed E-state index contributed by atoms with van der Waals surface area (Å²) in [5.41, 5.74) is 2.71. The SMILES string of the molecule is CN(/N=C\c1ccc(C#N)cc1)C(=S)NCc1ccccc1. The minimum Gasteiger partial charge on any atom is -0.357 e. The van der Waals surface area contributed by atoms with Crippen molar-refractivity contribution in [1.29, 1.82) is 5.26 Å². The van der Waals surface area contributed by atoms with Gasteiger partial charge >= 0.3 is 0 Å². The van der Waals surface area contributed by atoms with Crippen LogP contribution in [0.25, 0.3) is 0 Å². The summed E-state index contributed by atoms with van der Waals surface area (Å²) in [6.45, 7) is 0.663. The maximum absolute atomic E-state index is 8.76. The maximum Gasteiger partial charge on any atom is 0.189 e. The molecule has 0 radical (unpaired) electrons. The predicted octanol–water partition coefficient (Wildman–Crippen LogP) is 2.90. The van der Waals surface area contributed by atoms with Gasteiger partial charge in [-0.05, 0) is 35.5 Å². The average Bonchev–Trinajstić information content (AvgIpc) is 2.58. The smallest absolute Gasteiger partial charge is 0.189 e. The number of nitrogens with one attached hydrogen (secondary N) is 1. The Bertz CT molecular complexity index is 687. The van der Waals surface area contributed by atoms with E-state index in [0.717, 1.165) is 11.1 Å². The summed E-state index contributed by atoms with van der Waals surface area (Å²) in [5.74, 6) is 0. The first-order chi connectivity index (χ1) is 10.7. The molecule has 2 aromatic rings. The topological polar surface area (TPSA) is 51.4 Å². The van der Waals surface area contributed by atoms with E-state index in [2.05, 4.69) is 16.5 Å². The van der Waals surface area contributed by atoms with Crippen LogP contribution in [-0.2, 0) is 6.54 Å². The molecule has 0 heterocycles. The van der Waals surface area contributed by atoms with Crippen LogP contribution in [0.5, 0.6) is 0 Å². The molecule has 0 aromatic heterocycles. The molecule has 0 saturated heterocycles. The van der Waals surface area contributed by atoms with Crippen LogP contribution in [0.3, 0.4) is 0 Å². The summed E-state index contributed by atoms with van der Waals surface area (Å²) in [6.07, 6.45) is 1.71. The summed E-state index contributed by atoms with van der Waals surface area (Å²) < 4.78 is 0. The Kier molecular flexibility index (Phi) is 5.64. The van der Waals surface area contributed by atoms with E-state index in [1.165, 1.54) is 0 Å². The molecule has 0 unspecified atom stereocenters. The van der Waals surface area contributed by atoms with Crippen LogP contribution in [-0.4, -0.2) is 23.4 Å². The van der Waals surface area contributed by atoms with Gasteiger partial charge in [0.2, 0.25) is 0 Å². The van der Waals surface area contributed by atoms with Gasteiger partial charge in [0.25, 0.3) is 0 Å². The zero-order chi connectivity index (χ0) is 15.8. The lowest BCUT2D eigenvalue weighted by Crippen LogP contribution is -2.33. The van der Waals surface area contributed by atoms with Gasteiger partial charge in [-0.2, -0.15) is 10.4 Å². The van der Waals surface area contributed by atoms with Crippen LogP contribution in [0.15, 0.2) is 59.7 Å². The highest BCUT2D eigenvalue weighted by molar-refractivity contribution is 7.80. The van der Waals surface area contributed by atoms with Gasteiger partial charge in [0.1, 0.15) is 0 Å². The predicted molar refractivity (Wildman–Crippen MR) is 92.4 cm³/mol.